The van der Waals surface area contributed by atoms with Crippen LogP contribution in [0.25, 0.3) is 0 Å². The molecule has 0 unspecified atom stereocenters. The van der Waals surface area contributed by atoms with E-state index in [1.165, 1.54) is 30.6 Å². The first kappa shape index (κ1) is 18.7. The topological polar surface area (TPSA) is 84.0 Å². The zero-order valence-electron chi connectivity index (χ0n) is 16.6. The molecule has 1 aromatic carbocycles. The third-order valence-corrected chi connectivity index (χ3v) is 7.90. The molecule has 6 rings (SSSR count). The summed E-state index contributed by atoms with van der Waals surface area (Å²) < 4.78 is 0. The zero-order valence-corrected chi connectivity index (χ0v) is 17.4. The second-order valence-electron chi connectivity index (χ2n) is 9.04. The summed E-state index contributed by atoms with van der Waals surface area (Å²) in [6.07, 6.45) is 7.92. The molecule has 2 N–H and O–H groups in total. The normalized spacial score (nSPS) is 29.6. The third kappa shape index (κ3) is 3.56. The van der Waals surface area contributed by atoms with Gasteiger partial charge in [-0.05, 0) is 87.0 Å². The maximum atomic E-state index is 13.2. The van der Waals surface area contributed by atoms with Crippen LogP contribution in [0.1, 0.15) is 60.8 Å². The molecule has 4 bridgehead atoms. The van der Waals surface area contributed by atoms with Crippen LogP contribution in [0.4, 0.5) is 10.8 Å². The van der Waals surface area contributed by atoms with Crippen LogP contribution >= 0.6 is 11.3 Å². The number of aromatic nitrogens is 2. The van der Waals surface area contributed by atoms with E-state index >= 15 is 0 Å². The molecule has 4 aliphatic rings. The van der Waals surface area contributed by atoms with Crippen molar-refractivity contribution >= 4 is 34.0 Å². The number of hydrogen-bond acceptors (Lipinski definition) is 5. The van der Waals surface area contributed by atoms with Crippen LogP contribution in [-0.4, -0.2) is 22.0 Å². The second kappa shape index (κ2) is 7.20. The first-order chi connectivity index (χ1) is 14.0. The molecule has 0 atom stereocenters. The van der Waals surface area contributed by atoms with Gasteiger partial charge in [-0.2, -0.15) is 0 Å². The number of aryl methyl sites for hydroxylation is 1. The van der Waals surface area contributed by atoms with Gasteiger partial charge in [-0.25, -0.2) is 0 Å². The van der Waals surface area contributed by atoms with Crippen LogP contribution in [0.15, 0.2) is 24.3 Å². The van der Waals surface area contributed by atoms with Crippen LogP contribution < -0.4 is 10.6 Å². The van der Waals surface area contributed by atoms with Crippen molar-refractivity contribution in [2.75, 3.05) is 10.6 Å². The molecule has 152 valence electrons. The molecule has 0 saturated heterocycles. The van der Waals surface area contributed by atoms with Gasteiger partial charge in [-0.15, -0.1) is 10.2 Å². The van der Waals surface area contributed by atoms with E-state index in [1.54, 1.807) is 12.1 Å². The van der Waals surface area contributed by atoms with Crippen molar-refractivity contribution in [1.29, 1.82) is 0 Å². The number of carbonyl (C=O) groups excluding carboxylic acids is 2. The smallest absolute Gasteiger partial charge is 0.257 e. The van der Waals surface area contributed by atoms with E-state index in [-0.39, 0.29) is 17.2 Å². The van der Waals surface area contributed by atoms with E-state index < -0.39 is 0 Å². The molecule has 4 aliphatic carbocycles. The Kier molecular flexibility index (Phi) is 4.65. The van der Waals surface area contributed by atoms with Crippen molar-refractivity contribution in [2.45, 2.75) is 51.9 Å². The summed E-state index contributed by atoms with van der Waals surface area (Å²) in [5, 5.41) is 15.3. The predicted octanol–water partition coefficient (Wildman–Crippen LogP) is 4.51. The molecule has 6 nitrogen and oxygen atoms in total. The first-order valence-electron chi connectivity index (χ1n) is 10.6. The quantitative estimate of drug-likeness (QED) is 0.760. The third-order valence-electron chi connectivity index (χ3n) is 6.91. The highest BCUT2D eigenvalue weighted by Gasteiger charge is 2.54. The van der Waals surface area contributed by atoms with E-state index in [1.807, 2.05) is 19.1 Å². The van der Waals surface area contributed by atoms with Gasteiger partial charge in [-0.3, -0.25) is 14.9 Å². The maximum Gasteiger partial charge on any atom is 0.257 e. The Labute approximate surface area is 174 Å². The Balaban J connectivity index is 1.23. The minimum Gasteiger partial charge on any atom is -0.326 e. The highest BCUT2D eigenvalue weighted by molar-refractivity contribution is 7.15. The molecule has 0 spiro atoms. The average molecular weight is 411 g/mol. The van der Waals surface area contributed by atoms with E-state index in [0.29, 0.717) is 10.7 Å². The molecule has 0 radical (unpaired) electrons. The number of benzene rings is 1. The molecule has 4 saturated carbocycles. The van der Waals surface area contributed by atoms with Gasteiger partial charge in [0.2, 0.25) is 11.0 Å². The van der Waals surface area contributed by atoms with Gasteiger partial charge < -0.3 is 5.32 Å². The molecular weight excluding hydrogens is 384 g/mol. The SMILES string of the molecule is CCc1nnc(NC(=O)c2ccc(NC(=O)C34CC5CC(CC(C5)C3)C4)cc2)s1. The van der Waals surface area contributed by atoms with E-state index in [0.717, 1.165) is 54.1 Å². The van der Waals surface area contributed by atoms with Crippen LogP contribution in [0, 0.1) is 23.2 Å². The van der Waals surface area contributed by atoms with E-state index in [2.05, 4.69) is 20.8 Å². The number of nitrogens with zero attached hydrogens (tertiary/aromatic N) is 2. The van der Waals surface area contributed by atoms with Crippen molar-refractivity contribution in [1.82, 2.24) is 10.2 Å². The van der Waals surface area contributed by atoms with Gasteiger partial charge in [0, 0.05) is 11.3 Å². The second-order valence-corrected chi connectivity index (χ2v) is 10.1. The van der Waals surface area contributed by atoms with Crippen molar-refractivity contribution in [3.8, 4) is 0 Å². The number of rotatable bonds is 5. The highest BCUT2D eigenvalue weighted by Crippen LogP contribution is 2.60. The maximum absolute atomic E-state index is 13.2. The number of nitrogens with one attached hydrogen (secondary N) is 2. The van der Waals surface area contributed by atoms with Crippen LogP contribution in [0.2, 0.25) is 0 Å². The number of anilines is 2. The number of hydrogen-bond donors (Lipinski definition) is 2. The standard InChI is InChI=1S/C22H26N4O2S/c1-2-18-25-26-21(29-18)24-19(27)16-3-5-17(6-4-16)23-20(28)22-10-13-7-14(11-22)9-15(8-13)12-22/h3-6,13-15H,2,7-12H2,1H3,(H,23,28)(H,24,26,27). The summed E-state index contributed by atoms with van der Waals surface area (Å²) in [5.74, 6) is 2.18. The summed E-state index contributed by atoms with van der Waals surface area (Å²) >= 11 is 1.38. The summed E-state index contributed by atoms with van der Waals surface area (Å²) in [6, 6.07) is 7.11. The van der Waals surface area contributed by atoms with Crippen LogP contribution in [-0.2, 0) is 11.2 Å². The van der Waals surface area contributed by atoms with Gasteiger partial charge in [0.1, 0.15) is 5.01 Å². The molecule has 1 heterocycles. The minimum absolute atomic E-state index is 0.167. The van der Waals surface area contributed by atoms with Gasteiger partial charge in [0.05, 0.1) is 5.41 Å². The summed E-state index contributed by atoms with van der Waals surface area (Å²) in [7, 11) is 0. The minimum atomic E-state index is -0.220. The molecule has 1 aromatic heterocycles. The highest BCUT2D eigenvalue weighted by atomic mass is 32.1. The monoisotopic (exact) mass is 410 g/mol. The summed E-state index contributed by atoms with van der Waals surface area (Å²) in [6.45, 7) is 2.00. The van der Waals surface area contributed by atoms with Gasteiger partial charge in [-0.1, -0.05) is 18.3 Å². The lowest BCUT2D eigenvalue weighted by molar-refractivity contribution is -0.140. The van der Waals surface area contributed by atoms with Gasteiger partial charge in [0.15, 0.2) is 0 Å². The van der Waals surface area contributed by atoms with Crippen LogP contribution in [0.3, 0.4) is 0 Å². The van der Waals surface area contributed by atoms with Crippen molar-refractivity contribution in [3.63, 3.8) is 0 Å². The average Bonchev–Trinajstić information content (AvgIpc) is 3.15. The summed E-state index contributed by atoms with van der Waals surface area (Å²) in [4.78, 5) is 25.6. The molecule has 2 aromatic rings. The fourth-order valence-corrected chi connectivity index (χ4v) is 6.65. The number of carbonyl (C=O) groups is 2. The molecule has 4 fully saturated rings. The molecule has 29 heavy (non-hydrogen) atoms. The Morgan fingerprint density at radius 2 is 1.62 bits per heavy atom. The first-order valence-corrected chi connectivity index (χ1v) is 11.4. The Bertz CT molecular complexity index is 901. The lowest BCUT2D eigenvalue weighted by Gasteiger charge is -2.55. The molecule has 0 aliphatic heterocycles. The number of amides is 2. The molecule has 2 amide bonds. The fraction of sp³-hybridized carbons (Fsp3) is 0.545. The van der Waals surface area contributed by atoms with Crippen molar-refractivity contribution in [3.05, 3.63) is 34.8 Å². The fourth-order valence-electron chi connectivity index (χ4n) is 5.97. The van der Waals surface area contributed by atoms with Gasteiger partial charge >= 0.3 is 0 Å². The Hall–Kier alpha value is -2.28. The molecule has 7 heteroatoms. The Morgan fingerprint density at radius 3 is 2.17 bits per heavy atom. The van der Waals surface area contributed by atoms with Crippen molar-refractivity contribution < 1.29 is 9.59 Å². The molecular formula is C22H26N4O2S. The largest absolute Gasteiger partial charge is 0.326 e. The lowest BCUT2D eigenvalue weighted by Crippen LogP contribution is -2.51. The van der Waals surface area contributed by atoms with E-state index in [4.69, 9.17) is 0 Å². The van der Waals surface area contributed by atoms with Crippen molar-refractivity contribution in [2.24, 2.45) is 23.2 Å². The summed E-state index contributed by atoms with van der Waals surface area (Å²) in [5.41, 5.74) is 1.12. The Morgan fingerprint density at radius 1 is 1.00 bits per heavy atom. The zero-order chi connectivity index (χ0) is 20.0. The van der Waals surface area contributed by atoms with Crippen LogP contribution in [0.5, 0.6) is 0 Å². The lowest BCUT2D eigenvalue weighted by atomic mass is 9.49. The predicted molar refractivity (Wildman–Crippen MR) is 113 cm³/mol. The van der Waals surface area contributed by atoms with E-state index in [9.17, 15) is 9.59 Å². The van der Waals surface area contributed by atoms with Gasteiger partial charge in [0.25, 0.3) is 5.91 Å².